The number of piperidine rings is 1. The minimum atomic E-state index is -3.57. The predicted octanol–water partition coefficient (Wildman–Crippen LogP) is 3.73. The number of hydrogen-bond acceptors (Lipinski definition) is 7. The quantitative estimate of drug-likeness (QED) is 0.361. The molecular weight excluding hydrogens is 448 g/mol. The number of nitro benzene ring substituents is 1. The van der Waals surface area contributed by atoms with Gasteiger partial charge in [0.05, 0.1) is 34.0 Å². The molecule has 2 aromatic carbocycles. The molecule has 1 aromatic heterocycles. The number of rotatable bonds is 8. The van der Waals surface area contributed by atoms with Crippen LogP contribution in [0.3, 0.4) is 0 Å². The maximum absolute atomic E-state index is 13.1. The molecule has 1 aliphatic rings. The molecule has 10 nitrogen and oxygen atoms in total. The van der Waals surface area contributed by atoms with Crippen molar-refractivity contribution in [3.05, 3.63) is 52.3 Å². The van der Waals surface area contributed by atoms with Crippen LogP contribution in [0.2, 0.25) is 0 Å². The lowest BCUT2D eigenvalue weighted by Gasteiger charge is -2.25. The Hall–Kier alpha value is -3.18. The fraction of sp³-hybridized carbons (Fsp3) is 0.409. The number of nitrogens with zero attached hydrogens (tertiary/aromatic N) is 4. The van der Waals surface area contributed by atoms with Crippen LogP contribution >= 0.6 is 0 Å². The van der Waals surface area contributed by atoms with E-state index < -0.39 is 14.9 Å². The van der Waals surface area contributed by atoms with Crippen LogP contribution in [0.5, 0.6) is 11.5 Å². The zero-order chi connectivity index (χ0) is 23.6. The number of benzene rings is 2. The van der Waals surface area contributed by atoms with E-state index in [9.17, 15) is 18.5 Å². The first kappa shape index (κ1) is 23.0. The van der Waals surface area contributed by atoms with E-state index in [4.69, 9.17) is 9.47 Å². The van der Waals surface area contributed by atoms with E-state index in [-0.39, 0.29) is 22.9 Å². The van der Waals surface area contributed by atoms with Gasteiger partial charge in [-0.1, -0.05) is 6.42 Å². The fourth-order valence-corrected chi connectivity index (χ4v) is 5.61. The highest BCUT2D eigenvalue weighted by atomic mass is 32.2. The summed E-state index contributed by atoms with van der Waals surface area (Å²) in [5.74, 6) is 1.18. The van der Waals surface area contributed by atoms with Crippen molar-refractivity contribution in [2.45, 2.75) is 44.2 Å². The summed E-state index contributed by atoms with van der Waals surface area (Å²) in [6.07, 6.45) is 2.79. The van der Waals surface area contributed by atoms with Crippen molar-refractivity contribution in [1.82, 2.24) is 13.9 Å². The number of methoxy groups -OCH3 is 1. The first-order valence-corrected chi connectivity index (χ1v) is 12.2. The number of aromatic nitrogens is 2. The molecule has 33 heavy (non-hydrogen) atoms. The standard InChI is InChI=1S/C22H26N4O6S/c1-3-25-19-9-8-17(33(29,30)24-11-5-4-6-12-24)14-18(19)23-22(25)15-32-21-13-16(26(27)28)7-10-20(21)31-2/h7-10,13-14H,3-6,11-12,15H2,1-2H3. The van der Waals surface area contributed by atoms with E-state index in [2.05, 4.69) is 4.98 Å². The number of fused-ring (bicyclic) bond motifs is 1. The fourth-order valence-electron chi connectivity index (χ4n) is 4.07. The molecular formula is C22H26N4O6S. The van der Waals surface area contributed by atoms with Crippen LogP contribution in [-0.2, 0) is 23.2 Å². The van der Waals surface area contributed by atoms with Crippen LogP contribution in [0.4, 0.5) is 5.69 Å². The first-order chi connectivity index (χ1) is 15.8. The van der Waals surface area contributed by atoms with Crippen molar-refractivity contribution >= 4 is 26.7 Å². The molecule has 0 radical (unpaired) electrons. The topological polar surface area (TPSA) is 117 Å². The Morgan fingerprint density at radius 3 is 2.52 bits per heavy atom. The van der Waals surface area contributed by atoms with E-state index in [1.54, 1.807) is 18.2 Å². The van der Waals surface area contributed by atoms with Crippen molar-refractivity contribution in [2.24, 2.45) is 0 Å². The Balaban J connectivity index is 1.64. The van der Waals surface area contributed by atoms with Crippen molar-refractivity contribution in [1.29, 1.82) is 0 Å². The van der Waals surface area contributed by atoms with Crippen molar-refractivity contribution in [2.75, 3.05) is 20.2 Å². The highest BCUT2D eigenvalue weighted by Gasteiger charge is 2.26. The van der Waals surface area contributed by atoms with Gasteiger partial charge in [0.25, 0.3) is 5.69 Å². The normalized spacial score (nSPS) is 15.0. The van der Waals surface area contributed by atoms with Gasteiger partial charge in [0, 0.05) is 25.7 Å². The second-order valence-corrected chi connectivity index (χ2v) is 9.71. The highest BCUT2D eigenvalue weighted by Crippen LogP contribution is 2.32. The molecule has 0 atom stereocenters. The number of sulfonamides is 1. The third-order valence-corrected chi connectivity index (χ3v) is 7.68. The number of hydrogen-bond donors (Lipinski definition) is 0. The molecule has 2 heterocycles. The maximum Gasteiger partial charge on any atom is 0.273 e. The first-order valence-electron chi connectivity index (χ1n) is 10.8. The summed E-state index contributed by atoms with van der Waals surface area (Å²) in [5, 5.41) is 11.1. The zero-order valence-corrected chi connectivity index (χ0v) is 19.4. The third-order valence-electron chi connectivity index (χ3n) is 5.78. The number of aryl methyl sites for hydroxylation is 1. The molecule has 0 spiro atoms. The Morgan fingerprint density at radius 2 is 1.85 bits per heavy atom. The van der Waals surface area contributed by atoms with E-state index in [0.29, 0.717) is 36.7 Å². The molecule has 0 N–H and O–H groups in total. The smallest absolute Gasteiger partial charge is 0.273 e. The summed E-state index contributed by atoms with van der Waals surface area (Å²) in [4.78, 5) is 15.4. The van der Waals surface area contributed by atoms with Crippen LogP contribution in [-0.4, -0.2) is 47.4 Å². The lowest BCUT2D eigenvalue weighted by atomic mass is 10.2. The molecule has 3 aromatic rings. The monoisotopic (exact) mass is 474 g/mol. The minimum Gasteiger partial charge on any atom is -0.493 e. The Bertz CT molecular complexity index is 1280. The molecule has 11 heteroatoms. The summed E-state index contributed by atoms with van der Waals surface area (Å²) in [7, 11) is -2.11. The SMILES string of the molecule is CCn1c(COc2cc([N+](=O)[O-])ccc2OC)nc2cc(S(=O)(=O)N3CCCCC3)ccc21. The average Bonchev–Trinajstić information content (AvgIpc) is 3.19. The Labute approximate surface area is 191 Å². The summed E-state index contributed by atoms with van der Waals surface area (Å²) in [6.45, 7) is 3.66. The van der Waals surface area contributed by atoms with Crippen LogP contribution in [0, 0.1) is 10.1 Å². The van der Waals surface area contributed by atoms with E-state index >= 15 is 0 Å². The van der Waals surface area contributed by atoms with E-state index in [1.165, 1.54) is 29.6 Å². The molecule has 1 fully saturated rings. The average molecular weight is 475 g/mol. The number of ether oxygens (including phenoxy) is 2. The zero-order valence-electron chi connectivity index (χ0n) is 18.6. The van der Waals surface area contributed by atoms with Gasteiger partial charge in [0.15, 0.2) is 11.5 Å². The van der Waals surface area contributed by atoms with Crippen molar-refractivity contribution in [3.63, 3.8) is 0 Å². The van der Waals surface area contributed by atoms with Gasteiger partial charge < -0.3 is 14.0 Å². The molecule has 0 unspecified atom stereocenters. The van der Waals surface area contributed by atoms with Crippen LogP contribution in [0.25, 0.3) is 11.0 Å². The summed E-state index contributed by atoms with van der Waals surface area (Å²) in [6, 6.07) is 9.11. The molecule has 1 aliphatic heterocycles. The van der Waals surface area contributed by atoms with E-state index in [1.807, 2.05) is 11.5 Å². The Kier molecular flexibility index (Phi) is 6.52. The number of nitro groups is 1. The van der Waals surface area contributed by atoms with Gasteiger partial charge in [0.1, 0.15) is 12.4 Å². The lowest BCUT2D eigenvalue weighted by molar-refractivity contribution is -0.385. The summed E-state index contributed by atoms with van der Waals surface area (Å²) in [5.41, 5.74) is 1.24. The third kappa shape index (κ3) is 4.51. The van der Waals surface area contributed by atoms with Gasteiger partial charge in [-0.05, 0) is 44.0 Å². The largest absolute Gasteiger partial charge is 0.493 e. The van der Waals surface area contributed by atoms with Crippen LogP contribution in [0.1, 0.15) is 32.0 Å². The van der Waals surface area contributed by atoms with Crippen molar-refractivity contribution < 1.29 is 22.8 Å². The molecule has 1 saturated heterocycles. The molecule has 0 amide bonds. The predicted molar refractivity (Wildman–Crippen MR) is 122 cm³/mol. The van der Waals surface area contributed by atoms with Gasteiger partial charge in [-0.2, -0.15) is 4.31 Å². The summed E-state index contributed by atoms with van der Waals surface area (Å²) < 4.78 is 40.7. The second-order valence-electron chi connectivity index (χ2n) is 7.77. The van der Waals surface area contributed by atoms with Gasteiger partial charge >= 0.3 is 0 Å². The highest BCUT2D eigenvalue weighted by molar-refractivity contribution is 7.89. The van der Waals surface area contributed by atoms with Gasteiger partial charge in [-0.15, -0.1) is 0 Å². The molecule has 0 bridgehead atoms. The van der Waals surface area contributed by atoms with Gasteiger partial charge in [-0.3, -0.25) is 10.1 Å². The Morgan fingerprint density at radius 1 is 1.09 bits per heavy atom. The maximum atomic E-state index is 13.1. The second kappa shape index (κ2) is 9.36. The lowest BCUT2D eigenvalue weighted by Crippen LogP contribution is -2.35. The molecule has 0 aliphatic carbocycles. The van der Waals surface area contributed by atoms with Gasteiger partial charge in [-0.25, -0.2) is 13.4 Å². The molecule has 4 rings (SSSR count). The number of imidazole rings is 1. The van der Waals surface area contributed by atoms with Crippen molar-refractivity contribution in [3.8, 4) is 11.5 Å². The number of non-ortho nitro benzene ring substituents is 1. The van der Waals surface area contributed by atoms with Gasteiger partial charge in [0.2, 0.25) is 10.0 Å². The van der Waals surface area contributed by atoms with Crippen LogP contribution in [0.15, 0.2) is 41.3 Å². The van der Waals surface area contributed by atoms with E-state index in [0.717, 1.165) is 24.8 Å². The minimum absolute atomic E-state index is 0.0360. The molecule has 176 valence electrons. The molecule has 0 saturated carbocycles. The summed E-state index contributed by atoms with van der Waals surface area (Å²) >= 11 is 0. The van der Waals surface area contributed by atoms with Crippen LogP contribution < -0.4 is 9.47 Å².